The first-order valence-corrected chi connectivity index (χ1v) is 6.17. The third kappa shape index (κ3) is 3.34. The minimum Gasteiger partial charge on any atom is -0.496 e. The number of ether oxygens (including phenoxy) is 2. The van der Waals surface area contributed by atoms with Crippen molar-refractivity contribution < 1.29 is 19.1 Å². The quantitative estimate of drug-likeness (QED) is 0.606. The maximum absolute atomic E-state index is 12.2. The molecule has 0 unspecified atom stereocenters. The average Bonchev–Trinajstić information content (AvgIpc) is 2.39. The second-order valence-electron chi connectivity index (χ2n) is 4.54. The molecule has 1 rings (SSSR count). The first kappa shape index (κ1) is 15.2. The van der Waals surface area contributed by atoms with Crippen LogP contribution in [-0.2, 0) is 9.53 Å². The normalized spacial score (nSPS) is 10.2. The van der Waals surface area contributed by atoms with E-state index in [4.69, 9.17) is 4.74 Å². The van der Waals surface area contributed by atoms with Crippen LogP contribution < -0.4 is 4.74 Å². The monoisotopic (exact) mass is 264 g/mol. The molecule has 0 amide bonds. The average molecular weight is 264 g/mol. The lowest BCUT2D eigenvalue weighted by Gasteiger charge is -2.15. The zero-order valence-corrected chi connectivity index (χ0v) is 12.1. The summed E-state index contributed by atoms with van der Waals surface area (Å²) in [4.78, 5) is 23.3. The fourth-order valence-corrected chi connectivity index (χ4v) is 2.10. The molecule has 0 fully saturated rings. The van der Waals surface area contributed by atoms with Gasteiger partial charge < -0.3 is 9.47 Å². The van der Waals surface area contributed by atoms with E-state index < -0.39 is 0 Å². The molecule has 0 aliphatic rings. The molecule has 0 radical (unpaired) electrons. The largest absolute Gasteiger partial charge is 0.496 e. The number of hydrogen-bond donors (Lipinski definition) is 0. The third-order valence-corrected chi connectivity index (χ3v) is 3.25. The van der Waals surface area contributed by atoms with Crippen LogP contribution in [0, 0.1) is 20.8 Å². The maximum Gasteiger partial charge on any atom is 0.305 e. The zero-order chi connectivity index (χ0) is 14.6. The Morgan fingerprint density at radius 3 is 2.21 bits per heavy atom. The second kappa shape index (κ2) is 6.36. The van der Waals surface area contributed by atoms with Crippen LogP contribution in [0.3, 0.4) is 0 Å². The number of carbonyl (C=O) groups excluding carboxylic acids is 2. The summed E-state index contributed by atoms with van der Waals surface area (Å²) in [6.07, 6.45) is 0.219. The van der Waals surface area contributed by atoms with Crippen molar-refractivity contribution in [3.8, 4) is 5.75 Å². The summed E-state index contributed by atoms with van der Waals surface area (Å²) < 4.78 is 9.90. The van der Waals surface area contributed by atoms with E-state index in [1.54, 1.807) is 7.11 Å². The van der Waals surface area contributed by atoms with Crippen LogP contribution >= 0.6 is 0 Å². The van der Waals surface area contributed by atoms with Gasteiger partial charge in [-0.25, -0.2) is 0 Å². The van der Waals surface area contributed by atoms with E-state index in [1.807, 2.05) is 26.8 Å². The molecule has 0 saturated carbocycles. The van der Waals surface area contributed by atoms with Crippen molar-refractivity contribution in [2.75, 3.05) is 14.2 Å². The number of esters is 1. The molecule has 104 valence electrons. The van der Waals surface area contributed by atoms with Crippen LogP contribution in [0.25, 0.3) is 0 Å². The van der Waals surface area contributed by atoms with E-state index in [-0.39, 0.29) is 24.6 Å². The number of benzene rings is 1. The predicted octanol–water partition coefficient (Wildman–Crippen LogP) is 2.76. The molecule has 0 heterocycles. The SMILES string of the molecule is COC(=O)CCC(=O)c1c(C)cc(C)c(C)c1OC. The summed E-state index contributed by atoms with van der Waals surface area (Å²) in [5, 5.41) is 0. The van der Waals surface area contributed by atoms with Crippen molar-refractivity contribution in [1.82, 2.24) is 0 Å². The van der Waals surface area contributed by atoms with Crippen LogP contribution in [0.4, 0.5) is 0 Å². The van der Waals surface area contributed by atoms with E-state index in [9.17, 15) is 9.59 Å². The molecule has 19 heavy (non-hydrogen) atoms. The van der Waals surface area contributed by atoms with Crippen molar-refractivity contribution in [3.05, 3.63) is 28.3 Å². The molecule has 1 aromatic rings. The van der Waals surface area contributed by atoms with Crippen LogP contribution in [0.5, 0.6) is 5.75 Å². The molecule has 4 heteroatoms. The molecule has 0 N–H and O–H groups in total. The van der Waals surface area contributed by atoms with Crippen molar-refractivity contribution >= 4 is 11.8 Å². The summed E-state index contributed by atoms with van der Waals surface area (Å²) >= 11 is 0. The highest BCUT2D eigenvalue weighted by atomic mass is 16.5. The number of carbonyl (C=O) groups is 2. The minimum atomic E-state index is -0.381. The summed E-state index contributed by atoms with van der Waals surface area (Å²) in [6.45, 7) is 5.78. The van der Waals surface area contributed by atoms with Crippen molar-refractivity contribution in [3.63, 3.8) is 0 Å². The van der Waals surface area contributed by atoms with Gasteiger partial charge in [-0.2, -0.15) is 0 Å². The lowest BCUT2D eigenvalue weighted by molar-refractivity contribution is -0.140. The Balaban J connectivity index is 3.09. The van der Waals surface area contributed by atoms with Gasteiger partial charge >= 0.3 is 5.97 Å². The Hall–Kier alpha value is -1.84. The molecule has 0 bridgehead atoms. The number of Topliss-reactive ketones (excluding diaryl/α,β-unsaturated/α-hetero) is 1. The molecule has 4 nitrogen and oxygen atoms in total. The van der Waals surface area contributed by atoms with Gasteiger partial charge in [-0.1, -0.05) is 6.07 Å². The number of ketones is 1. The highest BCUT2D eigenvalue weighted by Gasteiger charge is 2.19. The van der Waals surface area contributed by atoms with E-state index in [2.05, 4.69) is 4.74 Å². The fourth-order valence-electron chi connectivity index (χ4n) is 2.10. The van der Waals surface area contributed by atoms with E-state index in [0.717, 1.165) is 16.7 Å². The van der Waals surface area contributed by atoms with Gasteiger partial charge in [0.05, 0.1) is 26.2 Å². The Kier molecular flexibility index (Phi) is 5.10. The summed E-state index contributed by atoms with van der Waals surface area (Å²) in [5.41, 5.74) is 3.47. The first-order chi connectivity index (χ1) is 8.92. The summed E-state index contributed by atoms with van der Waals surface area (Å²) in [6, 6.07) is 1.96. The lowest BCUT2D eigenvalue weighted by atomic mass is 9.94. The van der Waals surface area contributed by atoms with Gasteiger partial charge in [-0.15, -0.1) is 0 Å². The number of hydrogen-bond acceptors (Lipinski definition) is 4. The topological polar surface area (TPSA) is 52.6 Å². The molecule has 0 spiro atoms. The third-order valence-electron chi connectivity index (χ3n) is 3.25. The summed E-state index contributed by atoms with van der Waals surface area (Å²) in [7, 11) is 2.87. The Morgan fingerprint density at radius 2 is 1.68 bits per heavy atom. The first-order valence-electron chi connectivity index (χ1n) is 6.17. The Bertz CT molecular complexity index is 503. The zero-order valence-electron chi connectivity index (χ0n) is 12.1. The van der Waals surface area contributed by atoms with Gasteiger partial charge in [0, 0.05) is 6.42 Å². The van der Waals surface area contributed by atoms with Gasteiger partial charge in [-0.3, -0.25) is 9.59 Å². The van der Waals surface area contributed by atoms with Crippen molar-refractivity contribution in [2.24, 2.45) is 0 Å². The molecule has 0 atom stereocenters. The molecule has 0 aromatic heterocycles. The minimum absolute atomic E-state index is 0.0881. The number of aryl methyl sites for hydroxylation is 2. The van der Waals surface area contributed by atoms with Gasteiger partial charge in [0.1, 0.15) is 5.75 Å². The van der Waals surface area contributed by atoms with Gasteiger partial charge in [0.25, 0.3) is 0 Å². The highest BCUT2D eigenvalue weighted by molar-refractivity contribution is 6.01. The standard InChI is InChI=1S/C15H20O4/c1-9-8-10(2)14(15(19-5)11(9)3)12(16)6-7-13(17)18-4/h8H,6-7H2,1-5H3. The van der Waals surface area contributed by atoms with E-state index in [0.29, 0.717) is 11.3 Å². The van der Waals surface area contributed by atoms with Crippen LogP contribution in [0.1, 0.15) is 39.9 Å². The molecular weight excluding hydrogens is 244 g/mol. The highest BCUT2D eigenvalue weighted by Crippen LogP contribution is 2.30. The fraction of sp³-hybridized carbons (Fsp3) is 0.467. The van der Waals surface area contributed by atoms with Gasteiger partial charge in [0.2, 0.25) is 0 Å². The second-order valence-corrected chi connectivity index (χ2v) is 4.54. The van der Waals surface area contributed by atoms with Crippen LogP contribution in [-0.4, -0.2) is 26.0 Å². The molecular formula is C15H20O4. The van der Waals surface area contributed by atoms with Crippen LogP contribution in [0.2, 0.25) is 0 Å². The molecule has 1 aromatic carbocycles. The number of rotatable bonds is 5. The maximum atomic E-state index is 12.2. The van der Waals surface area contributed by atoms with Crippen molar-refractivity contribution in [2.45, 2.75) is 33.6 Å². The molecule has 0 aliphatic heterocycles. The molecule has 0 aliphatic carbocycles. The van der Waals surface area contributed by atoms with Gasteiger partial charge in [-0.05, 0) is 37.5 Å². The van der Waals surface area contributed by atoms with Crippen LogP contribution in [0.15, 0.2) is 6.07 Å². The number of methoxy groups -OCH3 is 2. The van der Waals surface area contributed by atoms with E-state index >= 15 is 0 Å². The Morgan fingerprint density at radius 1 is 1.05 bits per heavy atom. The summed E-state index contributed by atoms with van der Waals surface area (Å²) in [5.74, 6) is 0.129. The molecule has 0 saturated heterocycles. The predicted molar refractivity (Wildman–Crippen MR) is 72.8 cm³/mol. The van der Waals surface area contributed by atoms with Crippen molar-refractivity contribution in [1.29, 1.82) is 0 Å². The van der Waals surface area contributed by atoms with E-state index in [1.165, 1.54) is 7.11 Å². The van der Waals surface area contributed by atoms with Gasteiger partial charge in [0.15, 0.2) is 5.78 Å². The lowest BCUT2D eigenvalue weighted by Crippen LogP contribution is -2.10. The smallest absolute Gasteiger partial charge is 0.305 e. The Labute approximate surface area is 113 Å².